The molecule has 9 nitrogen and oxygen atoms in total. The van der Waals surface area contributed by atoms with Crippen molar-refractivity contribution in [1.82, 2.24) is 28.2 Å². The summed E-state index contributed by atoms with van der Waals surface area (Å²) in [5, 5.41) is 3.92. The van der Waals surface area contributed by atoms with Crippen LogP contribution >= 0.6 is 0 Å². The first-order chi connectivity index (χ1) is 13.9. The summed E-state index contributed by atoms with van der Waals surface area (Å²) < 4.78 is 28.1. The molecule has 10 heteroatoms. The molecule has 0 spiro atoms. The highest BCUT2D eigenvalue weighted by Crippen LogP contribution is 2.19. The molecule has 0 amide bonds. The Kier molecular flexibility index (Phi) is 4.63. The van der Waals surface area contributed by atoms with E-state index in [2.05, 4.69) is 24.9 Å². The number of hydrogen-bond donors (Lipinski definition) is 1. The van der Waals surface area contributed by atoms with Crippen molar-refractivity contribution in [3.8, 4) is 11.1 Å². The van der Waals surface area contributed by atoms with Gasteiger partial charge in [0.25, 0.3) is 0 Å². The molecular formula is C19H19N7O2S. The van der Waals surface area contributed by atoms with Crippen molar-refractivity contribution >= 4 is 22.1 Å². The normalized spacial score (nSPS) is 12.1. The van der Waals surface area contributed by atoms with Crippen LogP contribution in [0.2, 0.25) is 0 Å². The van der Waals surface area contributed by atoms with Crippen LogP contribution in [-0.2, 0) is 10.2 Å². The lowest BCUT2D eigenvalue weighted by molar-refractivity contribution is 0.572. The fourth-order valence-electron chi connectivity index (χ4n) is 3.11. The minimum absolute atomic E-state index is 0.374. The number of aromatic nitrogens is 5. The van der Waals surface area contributed by atoms with Crippen LogP contribution in [0.25, 0.3) is 16.8 Å². The van der Waals surface area contributed by atoms with E-state index in [1.807, 2.05) is 34.9 Å². The standard InChI is InChI=1S/C19H19N7O2S/c1-13-14(2)26(15(3)23-13)29(27,28)24-22-11-18-10-21-19-7-6-17(12-25(18)19)16-5-4-8-20-9-16/h4-12,24H,1-3H3. The van der Waals surface area contributed by atoms with Crippen molar-refractivity contribution < 1.29 is 8.42 Å². The first-order valence-corrected chi connectivity index (χ1v) is 10.3. The zero-order valence-electron chi connectivity index (χ0n) is 16.1. The molecule has 0 saturated carbocycles. The number of hydrogen-bond acceptors (Lipinski definition) is 6. The summed E-state index contributed by atoms with van der Waals surface area (Å²) >= 11 is 0. The third kappa shape index (κ3) is 3.49. The summed E-state index contributed by atoms with van der Waals surface area (Å²) in [5.41, 5.74) is 4.47. The van der Waals surface area contributed by atoms with E-state index in [0.29, 0.717) is 22.9 Å². The van der Waals surface area contributed by atoms with Crippen molar-refractivity contribution in [3.05, 3.63) is 72.0 Å². The highest BCUT2D eigenvalue weighted by atomic mass is 32.2. The van der Waals surface area contributed by atoms with Crippen LogP contribution in [0.1, 0.15) is 22.9 Å². The summed E-state index contributed by atoms with van der Waals surface area (Å²) in [4.78, 5) is 14.9. The highest BCUT2D eigenvalue weighted by Gasteiger charge is 2.19. The second kappa shape index (κ2) is 7.13. The Hall–Kier alpha value is -3.53. The summed E-state index contributed by atoms with van der Waals surface area (Å²) in [6.45, 7) is 5.09. The molecule has 0 atom stereocenters. The number of aryl methyl sites for hydroxylation is 2. The summed E-state index contributed by atoms with van der Waals surface area (Å²) in [7, 11) is -3.89. The maximum Gasteiger partial charge on any atom is 0.343 e. The summed E-state index contributed by atoms with van der Waals surface area (Å²) in [6.07, 6.45) is 8.44. The Balaban J connectivity index is 1.63. The fraction of sp³-hybridized carbons (Fsp3) is 0.158. The van der Waals surface area contributed by atoms with E-state index in [0.717, 1.165) is 20.7 Å². The van der Waals surface area contributed by atoms with Crippen LogP contribution in [-0.4, -0.2) is 38.0 Å². The van der Waals surface area contributed by atoms with Gasteiger partial charge in [-0.15, -0.1) is 0 Å². The molecule has 0 saturated heterocycles. The highest BCUT2D eigenvalue weighted by molar-refractivity contribution is 7.88. The van der Waals surface area contributed by atoms with E-state index in [1.54, 1.807) is 39.4 Å². The topological polar surface area (TPSA) is 107 Å². The van der Waals surface area contributed by atoms with Crippen molar-refractivity contribution in [2.24, 2.45) is 5.10 Å². The monoisotopic (exact) mass is 409 g/mol. The molecule has 4 aromatic rings. The van der Waals surface area contributed by atoms with Crippen LogP contribution in [0.5, 0.6) is 0 Å². The van der Waals surface area contributed by atoms with E-state index in [-0.39, 0.29) is 0 Å². The number of nitrogens with one attached hydrogen (secondary N) is 1. The molecule has 0 radical (unpaired) electrons. The van der Waals surface area contributed by atoms with Crippen LogP contribution in [0.3, 0.4) is 0 Å². The van der Waals surface area contributed by atoms with Crippen LogP contribution in [0.4, 0.5) is 0 Å². The Morgan fingerprint density at radius 3 is 2.62 bits per heavy atom. The van der Waals surface area contributed by atoms with Crippen LogP contribution in [0.15, 0.2) is 54.2 Å². The molecule has 4 rings (SSSR count). The smallest absolute Gasteiger partial charge is 0.298 e. The van der Waals surface area contributed by atoms with Gasteiger partial charge < -0.3 is 0 Å². The molecular weight excluding hydrogens is 390 g/mol. The van der Waals surface area contributed by atoms with Gasteiger partial charge in [0.2, 0.25) is 0 Å². The van der Waals surface area contributed by atoms with E-state index in [4.69, 9.17) is 0 Å². The third-order valence-corrected chi connectivity index (χ3v) is 5.94. The van der Waals surface area contributed by atoms with Gasteiger partial charge >= 0.3 is 10.2 Å². The van der Waals surface area contributed by atoms with Gasteiger partial charge in [-0.25, -0.2) is 13.9 Å². The Bertz CT molecular complexity index is 1320. The Morgan fingerprint density at radius 2 is 1.93 bits per heavy atom. The lowest BCUT2D eigenvalue weighted by Gasteiger charge is -2.08. The molecule has 4 heterocycles. The van der Waals surface area contributed by atoms with Gasteiger partial charge in [-0.05, 0) is 39.0 Å². The zero-order chi connectivity index (χ0) is 20.6. The summed E-state index contributed by atoms with van der Waals surface area (Å²) in [6, 6.07) is 7.66. The molecule has 0 unspecified atom stereocenters. The van der Waals surface area contributed by atoms with E-state index < -0.39 is 10.2 Å². The minimum atomic E-state index is -3.89. The maximum atomic E-state index is 12.6. The van der Waals surface area contributed by atoms with Gasteiger partial charge in [0.1, 0.15) is 11.5 Å². The molecule has 1 N–H and O–H groups in total. The van der Waals surface area contributed by atoms with E-state index in [9.17, 15) is 8.42 Å². The maximum absolute atomic E-state index is 12.6. The predicted molar refractivity (Wildman–Crippen MR) is 110 cm³/mol. The zero-order valence-corrected chi connectivity index (χ0v) is 16.9. The first kappa shape index (κ1) is 18.8. The molecule has 148 valence electrons. The molecule has 4 aromatic heterocycles. The molecule has 29 heavy (non-hydrogen) atoms. The van der Waals surface area contributed by atoms with Gasteiger partial charge in [0, 0.05) is 29.7 Å². The number of hydrazone groups is 1. The lowest BCUT2D eigenvalue weighted by Crippen LogP contribution is -2.27. The number of pyridine rings is 2. The van der Waals surface area contributed by atoms with Crippen molar-refractivity contribution in [3.63, 3.8) is 0 Å². The van der Waals surface area contributed by atoms with Crippen molar-refractivity contribution in [2.45, 2.75) is 20.8 Å². The second-order valence-electron chi connectivity index (χ2n) is 6.52. The van der Waals surface area contributed by atoms with Gasteiger partial charge in [-0.3, -0.25) is 9.38 Å². The largest absolute Gasteiger partial charge is 0.343 e. The van der Waals surface area contributed by atoms with Gasteiger partial charge in [0.15, 0.2) is 0 Å². The average molecular weight is 409 g/mol. The van der Waals surface area contributed by atoms with Crippen molar-refractivity contribution in [2.75, 3.05) is 0 Å². The average Bonchev–Trinajstić information content (AvgIpc) is 3.22. The lowest BCUT2D eigenvalue weighted by atomic mass is 10.1. The molecule has 0 aromatic carbocycles. The molecule has 0 fully saturated rings. The SMILES string of the molecule is Cc1nc(C)n(S(=O)(=O)NN=Cc2cnc3ccc(-c4cccnc4)cn23)c1C. The first-order valence-electron chi connectivity index (χ1n) is 8.82. The summed E-state index contributed by atoms with van der Waals surface area (Å²) in [5.74, 6) is 0.374. The van der Waals surface area contributed by atoms with Crippen LogP contribution < -0.4 is 4.83 Å². The van der Waals surface area contributed by atoms with Gasteiger partial charge in [-0.1, -0.05) is 6.07 Å². The van der Waals surface area contributed by atoms with Gasteiger partial charge in [-0.2, -0.15) is 18.4 Å². The van der Waals surface area contributed by atoms with Crippen molar-refractivity contribution in [1.29, 1.82) is 0 Å². The number of imidazole rings is 2. The number of rotatable bonds is 5. The number of fused-ring (bicyclic) bond motifs is 1. The number of nitrogens with zero attached hydrogens (tertiary/aromatic N) is 6. The molecule has 0 aliphatic carbocycles. The van der Waals surface area contributed by atoms with E-state index in [1.165, 1.54) is 6.21 Å². The predicted octanol–water partition coefficient (Wildman–Crippen LogP) is 2.23. The Labute approximate surface area is 168 Å². The molecule has 0 aliphatic rings. The van der Waals surface area contributed by atoms with Crippen LogP contribution in [0, 0.1) is 20.8 Å². The fourth-order valence-corrected chi connectivity index (χ4v) is 4.26. The molecule has 0 aliphatic heterocycles. The van der Waals surface area contributed by atoms with E-state index >= 15 is 0 Å². The quantitative estimate of drug-likeness (QED) is 0.402. The Morgan fingerprint density at radius 1 is 1.10 bits per heavy atom. The second-order valence-corrected chi connectivity index (χ2v) is 8.02. The molecule has 0 bridgehead atoms. The van der Waals surface area contributed by atoms with Gasteiger partial charge in [0.05, 0.1) is 29.5 Å². The minimum Gasteiger partial charge on any atom is -0.298 e. The third-order valence-electron chi connectivity index (χ3n) is 4.59.